The largest absolute Gasteiger partial charge is 0.416 e. The SMILES string of the molecule is Cl.FC(F)(F)c1ccc(C2=NOC(CN3CCOCC3)C2)cc1. The number of halogens is 4. The minimum absolute atomic E-state index is 0. The van der Waals surface area contributed by atoms with Crippen molar-refractivity contribution >= 4 is 18.1 Å². The molecule has 0 spiro atoms. The van der Waals surface area contributed by atoms with Gasteiger partial charge in [0.25, 0.3) is 0 Å². The van der Waals surface area contributed by atoms with Crippen LogP contribution < -0.4 is 0 Å². The van der Waals surface area contributed by atoms with E-state index in [1.165, 1.54) is 12.1 Å². The Bertz CT molecular complexity index is 543. The fraction of sp³-hybridized carbons (Fsp3) is 0.533. The number of ether oxygens (including phenoxy) is 1. The first kappa shape index (κ1) is 18.0. The van der Waals surface area contributed by atoms with E-state index >= 15 is 0 Å². The van der Waals surface area contributed by atoms with Crippen molar-refractivity contribution in [2.45, 2.75) is 18.7 Å². The number of rotatable bonds is 3. The molecular formula is C15H18ClF3N2O2. The molecule has 0 saturated carbocycles. The molecule has 2 aliphatic heterocycles. The van der Waals surface area contributed by atoms with Gasteiger partial charge < -0.3 is 9.57 Å². The second-order valence-corrected chi connectivity index (χ2v) is 5.46. The van der Waals surface area contributed by atoms with Crippen LogP contribution in [0.5, 0.6) is 0 Å². The quantitative estimate of drug-likeness (QED) is 0.840. The molecule has 3 rings (SSSR count). The maximum absolute atomic E-state index is 12.5. The number of nitrogens with zero attached hydrogens (tertiary/aromatic N) is 2. The van der Waals surface area contributed by atoms with Gasteiger partial charge in [0.15, 0.2) is 0 Å². The zero-order valence-electron chi connectivity index (χ0n) is 12.4. The number of morpholine rings is 1. The van der Waals surface area contributed by atoms with Crippen LogP contribution in [-0.2, 0) is 15.8 Å². The highest BCUT2D eigenvalue weighted by molar-refractivity contribution is 6.01. The van der Waals surface area contributed by atoms with Gasteiger partial charge in [-0.3, -0.25) is 4.90 Å². The lowest BCUT2D eigenvalue weighted by Gasteiger charge is -2.27. The van der Waals surface area contributed by atoms with Crippen molar-refractivity contribution in [1.82, 2.24) is 4.90 Å². The van der Waals surface area contributed by atoms with E-state index in [9.17, 15) is 13.2 Å². The van der Waals surface area contributed by atoms with Crippen LogP contribution in [-0.4, -0.2) is 49.6 Å². The molecule has 0 radical (unpaired) electrons. The Morgan fingerprint density at radius 3 is 2.39 bits per heavy atom. The molecule has 23 heavy (non-hydrogen) atoms. The van der Waals surface area contributed by atoms with Crippen LogP contribution in [0.2, 0.25) is 0 Å². The third kappa shape index (κ3) is 4.59. The Hall–Kier alpha value is -1.31. The van der Waals surface area contributed by atoms with Crippen molar-refractivity contribution < 1.29 is 22.7 Å². The zero-order chi connectivity index (χ0) is 15.6. The lowest BCUT2D eigenvalue weighted by atomic mass is 10.0. The average molecular weight is 351 g/mol. The molecule has 0 N–H and O–H groups in total. The van der Waals surface area contributed by atoms with Gasteiger partial charge in [0.1, 0.15) is 6.10 Å². The predicted octanol–water partition coefficient (Wildman–Crippen LogP) is 2.95. The van der Waals surface area contributed by atoms with Crippen molar-refractivity contribution in [2.24, 2.45) is 5.16 Å². The van der Waals surface area contributed by atoms with Gasteiger partial charge in [-0.2, -0.15) is 13.2 Å². The van der Waals surface area contributed by atoms with Gasteiger partial charge in [-0.15, -0.1) is 12.4 Å². The first-order chi connectivity index (χ1) is 10.5. The predicted molar refractivity (Wildman–Crippen MR) is 82.0 cm³/mol. The number of alkyl halides is 3. The molecule has 2 aliphatic rings. The number of hydrogen-bond acceptors (Lipinski definition) is 4. The second kappa shape index (κ2) is 7.51. The van der Waals surface area contributed by atoms with Gasteiger partial charge in [0.2, 0.25) is 0 Å². The van der Waals surface area contributed by atoms with Gasteiger partial charge in [0.05, 0.1) is 24.5 Å². The fourth-order valence-corrected chi connectivity index (χ4v) is 2.62. The Labute approximate surface area is 138 Å². The summed E-state index contributed by atoms with van der Waals surface area (Å²) in [6, 6.07) is 5.05. The summed E-state index contributed by atoms with van der Waals surface area (Å²) in [5, 5.41) is 4.02. The number of oxime groups is 1. The smallest absolute Gasteiger partial charge is 0.390 e. The first-order valence-electron chi connectivity index (χ1n) is 7.23. The lowest BCUT2D eigenvalue weighted by molar-refractivity contribution is -0.137. The molecule has 0 aliphatic carbocycles. The molecule has 1 unspecified atom stereocenters. The first-order valence-corrected chi connectivity index (χ1v) is 7.23. The standard InChI is InChI=1S/C15H17F3N2O2.ClH/c16-15(17,18)12-3-1-11(2-4-12)14-9-13(22-19-14)10-20-5-7-21-8-6-20;/h1-4,13H,5-10H2;1H. The fourth-order valence-electron chi connectivity index (χ4n) is 2.62. The van der Waals surface area contributed by atoms with Crippen LogP contribution in [0.25, 0.3) is 0 Å². The molecule has 0 amide bonds. The van der Waals surface area contributed by atoms with E-state index in [1.807, 2.05) is 0 Å². The molecule has 2 heterocycles. The summed E-state index contributed by atoms with van der Waals surface area (Å²) < 4.78 is 42.9. The van der Waals surface area contributed by atoms with E-state index in [0.717, 1.165) is 45.0 Å². The molecule has 1 aromatic carbocycles. The van der Waals surface area contributed by atoms with Crippen LogP contribution in [0.1, 0.15) is 17.5 Å². The highest BCUT2D eigenvalue weighted by atomic mass is 35.5. The van der Waals surface area contributed by atoms with Crippen molar-refractivity contribution in [3.05, 3.63) is 35.4 Å². The van der Waals surface area contributed by atoms with E-state index in [0.29, 0.717) is 17.7 Å². The van der Waals surface area contributed by atoms with Crippen molar-refractivity contribution in [3.63, 3.8) is 0 Å². The van der Waals surface area contributed by atoms with Crippen LogP contribution in [0.4, 0.5) is 13.2 Å². The lowest BCUT2D eigenvalue weighted by Crippen LogP contribution is -2.41. The third-order valence-corrected chi connectivity index (χ3v) is 3.84. The van der Waals surface area contributed by atoms with Crippen LogP contribution in [0.15, 0.2) is 29.4 Å². The summed E-state index contributed by atoms with van der Waals surface area (Å²) in [5.74, 6) is 0. The zero-order valence-corrected chi connectivity index (χ0v) is 13.2. The monoisotopic (exact) mass is 350 g/mol. The van der Waals surface area contributed by atoms with Crippen molar-refractivity contribution in [1.29, 1.82) is 0 Å². The Morgan fingerprint density at radius 1 is 1.13 bits per heavy atom. The maximum Gasteiger partial charge on any atom is 0.416 e. The molecule has 4 nitrogen and oxygen atoms in total. The van der Waals surface area contributed by atoms with E-state index in [1.54, 1.807) is 0 Å². The molecular weight excluding hydrogens is 333 g/mol. The number of benzene rings is 1. The van der Waals surface area contributed by atoms with Crippen LogP contribution in [0.3, 0.4) is 0 Å². The average Bonchev–Trinajstić information content (AvgIpc) is 2.96. The normalized spacial score (nSPS) is 22.2. The molecule has 1 aromatic rings. The van der Waals surface area contributed by atoms with Crippen LogP contribution >= 0.6 is 12.4 Å². The Morgan fingerprint density at radius 2 is 1.78 bits per heavy atom. The molecule has 128 valence electrons. The van der Waals surface area contributed by atoms with Crippen molar-refractivity contribution in [2.75, 3.05) is 32.8 Å². The van der Waals surface area contributed by atoms with Gasteiger partial charge in [0, 0.05) is 26.1 Å². The Kier molecular flexibility index (Phi) is 5.89. The van der Waals surface area contributed by atoms with E-state index in [2.05, 4.69) is 10.1 Å². The molecule has 1 atom stereocenters. The molecule has 0 aromatic heterocycles. The summed E-state index contributed by atoms with van der Waals surface area (Å²) in [6.45, 7) is 3.95. The van der Waals surface area contributed by atoms with Gasteiger partial charge >= 0.3 is 6.18 Å². The molecule has 0 bridgehead atoms. The minimum atomic E-state index is -4.31. The summed E-state index contributed by atoms with van der Waals surface area (Å²) in [7, 11) is 0. The van der Waals surface area contributed by atoms with E-state index in [-0.39, 0.29) is 18.5 Å². The maximum atomic E-state index is 12.5. The molecule has 1 fully saturated rings. The summed E-state index contributed by atoms with van der Waals surface area (Å²) in [5.41, 5.74) is 0.727. The molecule has 1 saturated heterocycles. The number of hydrogen-bond donors (Lipinski definition) is 0. The van der Waals surface area contributed by atoms with Gasteiger partial charge in [-0.25, -0.2) is 0 Å². The van der Waals surface area contributed by atoms with E-state index < -0.39 is 11.7 Å². The summed E-state index contributed by atoms with van der Waals surface area (Å²) in [4.78, 5) is 7.65. The third-order valence-electron chi connectivity index (χ3n) is 3.84. The Balaban J connectivity index is 0.00000192. The van der Waals surface area contributed by atoms with Gasteiger partial charge in [-0.1, -0.05) is 17.3 Å². The van der Waals surface area contributed by atoms with Crippen molar-refractivity contribution in [3.8, 4) is 0 Å². The highest BCUT2D eigenvalue weighted by Gasteiger charge is 2.31. The highest BCUT2D eigenvalue weighted by Crippen LogP contribution is 2.29. The molecule has 8 heteroatoms. The van der Waals surface area contributed by atoms with E-state index in [4.69, 9.17) is 9.57 Å². The second-order valence-electron chi connectivity index (χ2n) is 5.46. The minimum Gasteiger partial charge on any atom is -0.390 e. The van der Waals surface area contributed by atoms with Gasteiger partial charge in [-0.05, 0) is 17.7 Å². The van der Waals surface area contributed by atoms with Crippen LogP contribution in [0, 0.1) is 0 Å². The summed E-state index contributed by atoms with van der Waals surface area (Å²) in [6.07, 6.45) is -3.75. The summed E-state index contributed by atoms with van der Waals surface area (Å²) >= 11 is 0. The topological polar surface area (TPSA) is 34.1 Å².